The summed E-state index contributed by atoms with van der Waals surface area (Å²) in [5.41, 5.74) is 0.0558. The molecule has 1 heterocycles. The van der Waals surface area contributed by atoms with E-state index in [1.54, 1.807) is 6.07 Å². The highest BCUT2D eigenvalue weighted by Gasteiger charge is 2.33. The van der Waals surface area contributed by atoms with E-state index in [4.69, 9.17) is 11.6 Å². The smallest absolute Gasteiger partial charge is 0.252 e. The van der Waals surface area contributed by atoms with Gasteiger partial charge in [0.2, 0.25) is 0 Å². The normalized spacial score (nSPS) is 17.4. The zero-order valence-electron chi connectivity index (χ0n) is 12.1. The molecule has 1 saturated heterocycles. The predicted octanol–water partition coefficient (Wildman–Crippen LogP) is 3.48. The van der Waals surface area contributed by atoms with Crippen LogP contribution in [-0.2, 0) is 0 Å². The molecule has 3 rings (SSSR count). The zero-order valence-corrected chi connectivity index (χ0v) is 13.7. The molecular formula is C17H18ClNO2S. The molecule has 1 fully saturated rings. The first-order valence-corrected chi connectivity index (χ1v) is 8.86. The molecule has 0 aliphatic carbocycles. The topological polar surface area (TPSA) is 49.3 Å². The third-order valence-electron chi connectivity index (χ3n) is 4.20. The SMILES string of the molecule is O=C(NC1(CO)CCSCC1)c1cc(Cl)cc2ccccc12. The van der Waals surface area contributed by atoms with Gasteiger partial charge in [0.1, 0.15) is 0 Å². The molecular weight excluding hydrogens is 318 g/mol. The summed E-state index contributed by atoms with van der Waals surface area (Å²) in [6.45, 7) is -0.0300. The first-order valence-electron chi connectivity index (χ1n) is 7.33. The largest absolute Gasteiger partial charge is 0.394 e. The van der Waals surface area contributed by atoms with E-state index in [2.05, 4.69) is 5.32 Å². The third-order valence-corrected chi connectivity index (χ3v) is 5.41. The molecule has 0 bridgehead atoms. The van der Waals surface area contributed by atoms with Gasteiger partial charge in [-0.1, -0.05) is 35.9 Å². The fourth-order valence-corrected chi connectivity index (χ4v) is 4.36. The Balaban J connectivity index is 1.95. The van der Waals surface area contributed by atoms with Crippen molar-refractivity contribution in [1.82, 2.24) is 5.32 Å². The Labute approximate surface area is 139 Å². The minimum atomic E-state index is -0.508. The molecule has 0 spiro atoms. The number of benzene rings is 2. The lowest BCUT2D eigenvalue weighted by Gasteiger charge is -2.36. The Hall–Kier alpha value is -1.23. The number of halogens is 1. The number of thioether (sulfide) groups is 1. The number of carbonyl (C=O) groups excluding carboxylic acids is 1. The molecule has 0 aromatic heterocycles. The second-order valence-electron chi connectivity index (χ2n) is 5.68. The molecule has 0 atom stereocenters. The van der Waals surface area contributed by atoms with Crippen LogP contribution in [0.25, 0.3) is 10.8 Å². The van der Waals surface area contributed by atoms with E-state index in [0.29, 0.717) is 10.6 Å². The highest BCUT2D eigenvalue weighted by molar-refractivity contribution is 7.99. The van der Waals surface area contributed by atoms with E-state index in [0.717, 1.165) is 35.1 Å². The summed E-state index contributed by atoms with van der Waals surface area (Å²) in [7, 11) is 0. The molecule has 0 radical (unpaired) electrons. The van der Waals surface area contributed by atoms with Gasteiger partial charge in [-0.15, -0.1) is 0 Å². The van der Waals surface area contributed by atoms with Crippen molar-refractivity contribution in [2.75, 3.05) is 18.1 Å². The fraction of sp³-hybridized carbons (Fsp3) is 0.353. The zero-order chi connectivity index (χ0) is 15.6. The van der Waals surface area contributed by atoms with Gasteiger partial charge in [0.25, 0.3) is 5.91 Å². The summed E-state index contributed by atoms with van der Waals surface area (Å²) in [6.07, 6.45) is 1.58. The van der Waals surface area contributed by atoms with Crippen LogP contribution in [0.1, 0.15) is 23.2 Å². The number of hydrogen-bond donors (Lipinski definition) is 2. The Morgan fingerprint density at radius 1 is 1.27 bits per heavy atom. The molecule has 22 heavy (non-hydrogen) atoms. The van der Waals surface area contributed by atoms with E-state index in [1.165, 1.54) is 0 Å². The van der Waals surface area contributed by atoms with Crippen LogP contribution in [0.5, 0.6) is 0 Å². The molecule has 0 saturated carbocycles. The second-order valence-corrected chi connectivity index (χ2v) is 7.34. The van der Waals surface area contributed by atoms with Crippen LogP contribution in [0.4, 0.5) is 0 Å². The van der Waals surface area contributed by atoms with Crippen molar-refractivity contribution < 1.29 is 9.90 Å². The van der Waals surface area contributed by atoms with Gasteiger partial charge in [0, 0.05) is 10.6 Å². The molecule has 116 valence electrons. The van der Waals surface area contributed by atoms with Gasteiger partial charge >= 0.3 is 0 Å². The van der Waals surface area contributed by atoms with Gasteiger partial charge in [0.05, 0.1) is 12.1 Å². The van der Waals surface area contributed by atoms with Crippen LogP contribution in [-0.4, -0.2) is 34.7 Å². The summed E-state index contributed by atoms with van der Waals surface area (Å²) >= 11 is 8.00. The first kappa shape index (κ1) is 15.7. The highest BCUT2D eigenvalue weighted by atomic mass is 35.5. The fourth-order valence-electron chi connectivity index (χ4n) is 2.85. The number of fused-ring (bicyclic) bond motifs is 1. The van der Waals surface area contributed by atoms with Crippen molar-refractivity contribution in [2.24, 2.45) is 0 Å². The Morgan fingerprint density at radius 3 is 2.73 bits per heavy atom. The summed E-state index contributed by atoms with van der Waals surface area (Å²) in [6, 6.07) is 11.2. The Bertz CT molecular complexity index is 698. The number of rotatable bonds is 3. The summed E-state index contributed by atoms with van der Waals surface area (Å²) in [5.74, 6) is 1.74. The molecule has 2 aromatic carbocycles. The van der Waals surface area contributed by atoms with Crippen LogP contribution in [0.3, 0.4) is 0 Å². The van der Waals surface area contributed by atoms with Gasteiger partial charge < -0.3 is 10.4 Å². The van der Waals surface area contributed by atoms with Crippen LogP contribution < -0.4 is 5.32 Å². The van der Waals surface area contributed by atoms with Crippen LogP contribution in [0, 0.1) is 0 Å². The molecule has 5 heteroatoms. The second kappa shape index (κ2) is 6.49. The molecule has 1 aliphatic rings. The Kier molecular flexibility index (Phi) is 4.62. The summed E-state index contributed by atoms with van der Waals surface area (Å²) in [4.78, 5) is 12.8. The average molecular weight is 336 g/mol. The standard InChI is InChI=1S/C17H18ClNO2S/c18-13-9-12-3-1-2-4-14(12)15(10-13)16(21)19-17(11-20)5-7-22-8-6-17/h1-4,9-10,20H,5-8,11H2,(H,19,21). The van der Waals surface area contributed by atoms with Crippen molar-refractivity contribution in [3.8, 4) is 0 Å². The molecule has 1 aliphatic heterocycles. The van der Waals surface area contributed by atoms with Gasteiger partial charge in [-0.2, -0.15) is 11.8 Å². The molecule has 2 N–H and O–H groups in total. The lowest BCUT2D eigenvalue weighted by atomic mass is 9.92. The highest BCUT2D eigenvalue weighted by Crippen LogP contribution is 2.29. The number of nitrogens with one attached hydrogen (secondary N) is 1. The van der Waals surface area contributed by atoms with E-state index >= 15 is 0 Å². The molecule has 2 aromatic rings. The molecule has 0 unspecified atom stereocenters. The van der Waals surface area contributed by atoms with Gasteiger partial charge in [0.15, 0.2) is 0 Å². The van der Waals surface area contributed by atoms with Crippen LogP contribution >= 0.6 is 23.4 Å². The first-order chi connectivity index (χ1) is 10.6. The number of amides is 1. The van der Waals surface area contributed by atoms with Crippen molar-refractivity contribution in [3.05, 3.63) is 47.0 Å². The molecule has 3 nitrogen and oxygen atoms in total. The average Bonchev–Trinajstić information content (AvgIpc) is 2.54. The van der Waals surface area contributed by atoms with Gasteiger partial charge in [-0.05, 0) is 47.3 Å². The van der Waals surface area contributed by atoms with E-state index in [1.807, 2.05) is 42.1 Å². The number of aliphatic hydroxyl groups excluding tert-OH is 1. The van der Waals surface area contributed by atoms with Gasteiger partial charge in [-0.25, -0.2) is 0 Å². The van der Waals surface area contributed by atoms with E-state index < -0.39 is 5.54 Å². The Morgan fingerprint density at radius 2 is 2.00 bits per heavy atom. The summed E-state index contributed by atoms with van der Waals surface area (Å²) < 4.78 is 0. The van der Waals surface area contributed by atoms with Crippen molar-refractivity contribution in [2.45, 2.75) is 18.4 Å². The van der Waals surface area contributed by atoms with E-state index in [9.17, 15) is 9.90 Å². The van der Waals surface area contributed by atoms with Crippen molar-refractivity contribution >= 4 is 40.0 Å². The van der Waals surface area contributed by atoms with E-state index in [-0.39, 0.29) is 12.5 Å². The van der Waals surface area contributed by atoms with Crippen molar-refractivity contribution in [3.63, 3.8) is 0 Å². The maximum absolute atomic E-state index is 12.8. The monoisotopic (exact) mass is 335 g/mol. The van der Waals surface area contributed by atoms with Crippen LogP contribution in [0.2, 0.25) is 5.02 Å². The number of aliphatic hydroxyl groups is 1. The number of carbonyl (C=O) groups is 1. The maximum Gasteiger partial charge on any atom is 0.252 e. The maximum atomic E-state index is 12.8. The third kappa shape index (κ3) is 3.09. The lowest BCUT2D eigenvalue weighted by molar-refractivity contribution is 0.0819. The summed E-state index contributed by atoms with van der Waals surface area (Å²) in [5, 5.41) is 15.2. The lowest BCUT2D eigenvalue weighted by Crippen LogP contribution is -2.53. The molecule has 1 amide bonds. The minimum absolute atomic E-state index is 0.0300. The van der Waals surface area contributed by atoms with Gasteiger partial charge in [-0.3, -0.25) is 4.79 Å². The van der Waals surface area contributed by atoms with Crippen molar-refractivity contribution in [1.29, 1.82) is 0 Å². The minimum Gasteiger partial charge on any atom is -0.394 e. The number of hydrogen-bond acceptors (Lipinski definition) is 3. The predicted molar refractivity (Wildman–Crippen MR) is 92.8 cm³/mol. The quantitative estimate of drug-likeness (QED) is 0.902. The van der Waals surface area contributed by atoms with Crippen LogP contribution in [0.15, 0.2) is 36.4 Å².